The standard InChI is InChI=1S/C10H18N4O2/c1-7(2)14(4-3-5-15)9-8(11)10(16)13-6-12-9/h6-7,15H,3-5,11H2,1-2H3,(H,12,13,16). The SMILES string of the molecule is CC(C)N(CCCO)c1nc[nH]c(=O)c1N. The number of H-pyrrole nitrogens is 1. The summed E-state index contributed by atoms with van der Waals surface area (Å²) in [6.45, 7) is 4.69. The Morgan fingerprint density at radius 3 is 2.88 bits per heavy atom. The minimum atomic E-state index is -0.334. The number of hydrogen-bond donors (Lipinski definition) is 3. The molecule has 0 bridgehead atoms. The predicted molar refractivity (Wildman–Crippen MR) is 63.5 cm³/mol. The maximum atomic E-state index is 11.3. The Morgan fingerprint density at radius 1 is 1.62 bits per heavy atom. The van der Waals surface area contributed by atoms with Crippen LogP contribution in [-0.2, 0) is 0 Å². The topological polar surface area (TPSA) is 95.2 Å². The molecule has 1 aromatic rings. The van der Waals surface area contributed by atoms with Crippen molar-refractivity contribution in [2.45, 2.75) is 26.3 Å². The summed E-state index contributed by atoms with van der Waals surface area (Å²) in [6, 6.07) is 0.170. The first kappa shape index (κ1) is 12.5. The number of aliphatic hydroxyl groups is 1. The number of nitrogens with one attached hydrogen (secondary N) is 1. The molecule has 6 nitrogen and oxygen atoms in total. The van der Waals surface area contributed by atoms with Gasteiger partial charge in [-0.2, -0.15) is 0 Å². The molecule has 0 aliphatic rings. The van der Waals surface area contributed by atoms with Gasteiger partial charge in [-0.1, -0.05) is 0 Å². The summed E-state index contributed by atoms with van der Waals surface area (Å²) in [7, 11) is 0. The van der Waals surface area contributed by atoms with E-state index < -0.39 is 0 Å². The first-order chi connectivity index (χ1) is 7.57. The van der Waals surface area contributed by atoms with E-state index >= 15 is 0 Å². The minimum absolute atomic E-state index is 0.103. The molecule has 90 valence electrons. The summed E-state index contributed by atoms with van der Waals surface area (Å²) in [4.78, 5) is 19.7. The molecule has 1 rings (SSSR count). The van der Waals surface area contributed by atoms with Crippen LogP contribution in [-0.4, -0.2) is 34.3 Å². The molecule has 1 aromatic heterocycles. The van der Waals surface area contributed by atoms with Crippen LogP contribution in [0.2, 0.25) is 0 Å². The van der Waals surface area contributed by atoms with E-state index in [9.17, 15) is 4.79 Å². The van der Waals surface area contributed by atoms with Gasteiger partial charge in [-0.15, -0.1) is 0 Å². The van der Waals surface area contributed by atoms with Gasteiger partial charge in [0, 0.05) is 19.2 Å². The van der Waals surface area contributed by atoms with Gasteiger partial charge < -0.3 is 20.7 Å². The van der Waals surface area contributed by atoms with Gasteiger partial charge in [-0.3, -0.25) is 4.79 Å². The van der Waals surface area contributed by atoms with Gasteiger partial charge in [0.2, 0.25) is 0 Å². The zero-order valence-corrected chi connectivity index (χ0v) is 9.60. The van der Waals surface area contributed by atoms with Crippen molar-refractivity contribution < 1.29 is 5.11 Å². The van der Waals surface area contributed by atoms with Crippen molar-refractivity contribution in [2.24, 2.45) is 0 Å². The van der Waals surface area contributed by atoms with Gasteiger partial charge in [0.05, 0.1) is 6.33 Å². The van der Waals surface area contributed by atoms with Crippen LogP contribution in [0.15, 0.2) is 11.1 Å². The van der Waals surface area contributed by atoms with Crippen molar-refractivity contribution in [1.82, 2.24) is 9.97 Å². The fourth-order valence-corrected chi connectivity index (χ4v) is 1.48. The molecule has 6 heteroatoms. The number of hydrogen-bond acceptors (Lipinski definition) is 5. The van der Waals surface area contributed by atoms with E-state index in [1.165, 1.54) is 6.33 Å². The van der Waals surface area contributed by atoms with E-state index in [4.69, 9.17) is 10.8 Å². The van der Waals surface area contributed by atoms with Gasteiger partial charge in [-0.25, -0.2) is 4.98 Å². The second kappa shape index (κ2) is 5.50. The molecule has 0 fully saturated rings. The Balaban J connectivity index is 3.01. The van der Waals surface area contributed by atoms with E-state index in [0.29, 0.717) is 18.8 Å². The van der Waals surface area contributed by atoms with E-state index in [1.807, 2.05) is 18.7 Å². The predicted octanol–water partition coefficient (Wildman–Crippen LogP) is -0.0507. The monoisotopic (exact) mass is 226 g/mol. The Morgan fingerprint density at radius 2 is 2.31 bits per heavy atom. The molecule has 4 N–H and O–H groups in total. The van der Waals surface area contributed by atoms with Gasteiger partial charge in [0.15, 0.2) is 5.82 Å². The fourth-order valence-electron chi connectivity index (χ4n) is 1.48. The Labute approximate surface area is 94.1 Å². The lowest BCUT2D eigenvalue weighted by molar-refractivity contribution is 0.288. The van der Waals surface area contributed by atoms with Crippen LogP contribution >= 0.6 is 0 Å². The summed E-state index contributed by atoms with van der Waals surface area (Å²) in [5, 5.41) is 8.82. The number of nitrogen functional groups attached to an aromatic ring is 1. The lowest BCUT2D eigenvalue weighted by Crippen LogP contribution is -2.35. The van der Waals surface area contributed by atoms with Crippen LogP contribution in [0.5, 0.6) is 0 Å². The Hall–Kier alpha value is -1.56. The summed E-state index contributed by atoms with van der Waals surface area (Å²) < 4.78 is 0. The molecular weight excluding hydrogens is 208 g/mol. The molecule has 16 heavy (non-hydrogen) atoms. The molecule has 0 unspecified atom stereocenters. The average molecular weight is 226 g/mol. The summed E-state index contributed by atoms with van der Waals surface area (Å²) in [6.07, 6.45) is 1.95. The molecule has 0 aliphatic heterocycles. The zero-order valence-electron chi connectivity index (χ0n) is 9.60. The number of rotatable bonds is 5. The van der Waals surface area contributed by atoms with Crippen molar-refractivity contribution in [2.75, 3.05) is 23.8 Å². The number of aliphatic hydroxyl groups excluding tert-OH is 1. The minimum Gasteiger partial charge on any atom is -0.396 e. The molecule has 0 atom stereocenters. The highest BCUT2D eigenvalue weighted by molar-refractivity contribution is 5.61. The van der Waals surface area contributed by atoms with Gasteiger partial charge >= 0.3 is 0 Å². The quantitative estimate of drug-likeness (QED) is 0.654. The van der Waals surface area contributed by atoms with Crippen molar-refractivity contribution in [3.05, 3.63) is 16.7 Å². The van der Waals surface area contributed by atoms with Crippen LogP contribution in [0.3, 0.4) is 0 Å². The third-order valence-corrected chi connectivity index (χ3v) is 2.32. The number of anilines is 2. The molecular formula is C10H18N4O2. The molecule has 0 spiro atoms. The highest BCUT2D eigenvalue weighted by Gasteiger charge is 2.15. The maximum Gasteiger partial charge on any atom is 0.276 e. The highest BCUT2D eigenvalue weighted by Crippen LogP contribution is 2.17. The maximum absolute atomic E-state index is 11.3. The summed E-state index contributed by atoms with van der Waals surface area (Å²) in [5.74, 6) is 0.479. The lowest BCUT2D eigenvalue weighted by Gasteiger charge is -2.28. The van der Waals surface area contributed by atoms with Crippen molar-refractivity contribution in [3.8, 4) is 0 Å². The van der Waals surface area contributed by atoms with Crippen molar-refractivity contribution in [3.63, 3.8) is 0 Å². The van der Waals surface area contributed by atoms with E-state index in [-0.39, 0.29) is 23.9 Å². The second-order valence-corrected chi connectivity index (χ2v) is 3.83. The van der Waals surface area contributed by atoms with E-state index in [0.717, 1.165) is 0 Å². The van der Waals surface area contributed by atoms with Crippen LogP contribution in [0, 0.1) is 0 Å². The third-order valence-electron chi connectivity index (χ3n) is 2.32. The number of nitrogens with two attached hydrogens (primary N) is 1. The zero-order chi connectivity index (χ0) is 12.1. The highest BCUT2D eigenvalue weighted by atomic mass is 16.3. The van der Waals surface area contributed by atoms with E-state index in [2.05, 4.69) is 9.97 Å². The summed E-state index contributed by atoms with van der Waals surface area (Å²) in [5.41, 5.74) is 5.47. The van der Waals surface area contributed by atoms with Crippen LogP contribution in [0.25, 0.3) is 0 Å². The fraction of sp³-hybridized carbons (Fsp3) is 0.600. The number of aromatic amines is 1. The molecule has 0 radical (unpaired) electrons. The summed E-state index contributed by atoms with van der Waals surface area (Å²) >= 11 is 0. The lowest BCUT2D eigenvalue weighted by atomic mass is 10.2. The largest absolute Gasteiger partial charge is 0.396 e. The Bertz CT molecular complexity index is 389. The molecule has 0 aromatic carbocycles. The first-order valence-corrected chi connectivity index (χ1v) is 5.28. The Kier molecular flexibility index (Phi) is 4.30. The molecule has 0 saturated carbocycles. The molecule has 0 amide bonds. The van der Waals surface area contributed by atoms with Crippen molar-refractivity contribution in [1.29, 1.82) is 0 Å². The second-order valence-electron chi connectivity index (χ2n) is 3.83. The van der Waals surface area contributed by atoms with Gasteiger partial charge in [0.25, 0.3) is 5.56 Å². The van der Waals surface area contributed by atoms with Gasteiger partial charge in [0.1, 0.15) is 5.69 Å². The normalized spacial score (nSPS) is 10.8. The van der Waals surface area contributed by atoms with Crippen molar-refractivity contribution >= 4 is 11.5 Å². The number of nitrogens with zero attached hydrogens (tertiary/aromatic N) is 2. The van der Waals surface area contributed by atoms with Crippen LogP contribution in [0.1, 0.15) is 20.3 Å². The first-order valence-electron chi connectivity index (χ1n) is 5.28. The van der Waals surface area contributed by atoms with Crippen LogP contribution in [0.4, 0.5) is 11.5 Å². The molecule has 0 aliphatic carbocycles. The molecule has 1 heterocycles. The van der Waals surface area contributed by atoms with E-state index in [1.54, 1.807) is 0 Å². The third kappa shape index (κ3) is 2.73. The smallest absolute Gasteiger partial charge is 0.276 e. The molecule has 0 saturated heterocycles. The number of aromatic nitrogens is 2. The average Bonchev–Trinajstić information content (AvgIpc) is 2.24. The van der Waals surface area contributed by atoms with Crippen LogP contribution < -0.4 is 16.2 Å². The van der Waals surface area contributed by atoms with Gasteiger partial charge in [-0.05, 0) is 20.3 Å².